The van der Waals surface area contributed by atoms with Crippen molar-refractivity contribution in [3.8, 4) is 6.07 Å². The number of nitrogens with zero attached hydrogens (tertiary/aromatic N) is 1. The van der Waals surface area contributed by atoms with Crippen LogP contribution in [-0.4, -0.2) is 19.3 Å². The molecule has 100 valence electrons. The van der Waals surface area contributed by atoms with Crippen LogP contribution in [0.15, 0.2) is 28.8 Å². The molecule has 0 aliphatic carbocycles. The van der Waals surface area contributed by atoms with Crippen LogP contribution in [0.1, 0.15) is 5.56 Å². The van der Waals surface area contributed by atoms with Crippen LogP contribution >= 0.6 is 11.8 Å². The van der Waals surface area contributed by atoms with Crippen molar-refractivity contribution < 1.29 is 13.9 Å². The number of esters is 1. The molecule has 0 bridgehead atoms. The van der Waals surface area contributed by atoms with Gasteiger partial charge in [0, 0.05) is 11.3 Å². The van der Waals surface area contributed by atoms with E-state index in [0.717, 1.165) is 0 Å². The molecule has 0 unspecified atom stereocenters. The molecule has 0 fully saturated rings. The van der Waals surface area contributed by atoms with Crippen LogP contribution in [0.3, 0.4) is 0 Å². The molecule has 0 aliphatic heterocycles. The summed E-state index contributed by atoms with van der Waals surface area (Å²) in [5.41, 5.74) is 0.774. The molecule has 19 heavy (non-hydrogen) atoms. The number of methoxy groups -OCH3 is 1. The number of benzene rings is 1. The summed E-state index contributed by atoms with van der Waals surface area (Å²) in [6.07, 6.45) is 1.71. The minimum Gasteiger partial charge on any atom is -0.465 e. The van der Waals surface area contributed by atoms with Gasteiger partial charge in [0.05, 0.1) is 12.1 Å². The predicted molar refractivity (Wildman–Crippen MR) is 72.9 cm³/mol. The maximum Gasteiger partial charge on any atom is 0.351 e. The van der Waals surface area contributed by atoms with Gasteiger partial charge in [-0.25, -0.2) is 9.18 Å². The molecular formula is C13H13FN2O2S. The molecule has 0 atom stereocenters. The zero-order valence-corrected chi connectivity index (χ0v) is 11.6. The van der Waals surface area contributed by atoms with E-state index in [2.05, 4.69) is 10.1 Å². The Hall–Kier alpha value is -2.00. The SMILES string of the molecule is COC(=O)C(C#N)=C(Nc1cccc(F)c1C)SC. The fourth-order valence-electron chi connectivity index (χ4n) is 1.37. The first-order valence-electron chi connectivity index (χ1n) is 5.34. The molecule has 0 amide bonds. The van der Waals surface area contributed by atoms with Crippen molar-refractivity contribution in [2.75, 3.05) is 18.7 Å². The van der Waals surface area contributed by atoms with Gasteiger partial charge in [-0.3, -0.25) is 0 Å². The summed E-state index contributed by atoms with van der Waals surface area (Å²) in [5.74, 6) is -1.09. The summed E-state index contributed by atoms with van der Waals surface area (Å²) in [7, 11) is 1.20. The molecular weight excluding hydrogens is 267 g/mol. The summed E-state index contributed by atoms with van der Waals surface area (Å²) in [6, 6.07) is 6.34. The van der Waals surface area contributed by atoms with E-state index in [0.29, 0.717) is 16.3 Å². The van der Waals surface area contributed by atoms with E-state index in [9.17, 15) is 9.18 Å². The Bertz CT molecular complexity index is 564. The van der Waals surface area contributed by atoms with Crippen LogP contribution in [0.4, 0.5) is 10.1 Å². The number of carbonyl (C=O) groups is 1. The Morgan fingerprint density at radius 1 is 1.53 bits per heavy atom. The minimum atomic E-state index is -0.728. The fraction of sp³-hybridized carbons (Fsp3) is 0.231. The minimum absolute atomic E-state index is 0.140. The number of halogens is 1. The van der Waals surface area contributed by atoms with E-state index >= 15 is 0 Å². The lowest BCUT2D eigenvalue weighted by molar-refractivity contribution is -0.135. The Balaban J connectivity index is 3.19. The van der Waals surface area contributed by atoms with E-state index in [1.54, 1.807) is 31.4 Å². The standard InChI is InChI=1S/C13H13FN2O2S/c1-8-10(14)5-4-6-11(8)16-12(19-3)9(7-15)13(17)18-2/h4-6,16H,1-3H3. The molecule has 6 heteroatoms. The number of nitrogens with one attached hydrogen (secondary N) is 1. The van der Waals surface area contributed by atoms with Gasteiger partial charge in [0.15, 0.2) is 5.57 Å². The lowest BCUT2D eigenvalue weighted by atomic mass is 10.2. The number of anilines is 1. The zero-order chi connectivity index (χ0) is 14.4. The van der Waals surface area contributed by atoms with Gasteiger partial charge in [-0.05, 0) is 25.3 Å². The second-order valence-corrected chi connectivity index (χ2v) is 4.37. The molecule has 0 saturated carbocycles. The molecule has 1 rings (SSSR count). The maximum atomic E-state index is 13.4. The van der Waals surface area contributed by atoms with E-state index in [4.69, 9.17) is 5.26 Å². The van der Waals surface area contributed by atoms with Crippen LogP contribution in [0.25, 0.3) is 0 Å². The fourth-order valence-corrected chi connectivity index (χ4v) is 1.92. The number of hydrogen-bond acceptors (Lipinski definition) is 5. The largest absolute Gasteiger partial charge is 0.465 e. The molecule has 1 aromatic carbocycles. The van der Waals surface area contributed by atoms with E-state index < -0.39 is 5.97 Å². The number of rotatable bonds is 4. The number of carbonyl (C=O) groups excluding carboxylic acids is 1. The molecule has 0 saturated heterocycles. The van der Waals surface area contributed by atoms with Crippen LogP contribution < -0.4 is 5.32 Å². The third kappa shape index (κ3) is 3.48. The molecule has 0 aliphatic rings. The van der Waals surface area contributed by atoms with Gasteiger partial charge in [-0.2, -0.15) is 5.26 Å². The first kappa shape index (κ1) is 15.1. The Kier molecular flexibility index (Phi) is 5.39. The molecule has 4 nitrogen and oxygen atoms in total. The monoisotopic (exact) mass is 280 g/mol. The highest BCUT2D eigenvalue weighted by molar-refractivity contribution is 8.02. The molecule has 0 spiro atoms. The van der Waals surface area contributed by atoms with Crippen molar-refractivity contribution in [3.05, 3.63) is 40.2 Å². The molecule has 1 aromatic rings. The zero-order valence-electron chi connectivity index (χ0n) is 10.8. The van der Waals surface area contributed by atoms with Crippen LogP contribution in [0, 0.1) is 24.1 Å². The van der Waals surface area contributed by atoms with Crippen LogP contribution in [-0.2, 0) is 9.53 Å². The Labute approximate surface area is 115 Å². The van der Waals surface area contributed by atoms with Gasteiger partial charge in [-0.1, -0.05) is 6.07 Å². The summed E-state index contributed by atoms with van der Waals surface area (Å²) in [4.78, 5) is 11.5. The van der Waals surface area contributed by atoms with Crippen molar-refractivity contribution in [3.63, 3.8) is 0 Å². The smallest absolute Gasteiger partial charge is 0.351 e. The van der Waals surface area contributed by atoms with Crippen molar-refractivity contribution in [2.24, 2.45) is 0 Å². The normalized spacial score (nSPS) is 11.3. The van der Waals surface area contributed by atoms with Gasteiger partial charge in [-0.15, -0.1) is 11.8 Å². The van der Waals surface area contributed by atoms with Crippen molar-refractivity contribution in [1.82, 2.24) is 0 Å². The van der Waals surface area contributed by atoms with E-state index in [1.165, 1.54) is 24.9 Å². The number of nitriles is 1. The van der Waals surface area contributed by atoms with Gasteiger partial charge in [0.25, 0.3) is 0 Å². The molecule has 0 aromatic heterocycles. The average molecular weight is 280 g/mol. The first-order valence-corrected chi connectivity index (χ1v) is 6.56. The second kappa shape index (κ2) is 6.81. The highest BCUT2D eigenvalue weighted by Crippen LogP contribution is 2.24. The van der Waals surface area contributed by atoms with Crippen LogP contribution in [0.2, 0.25) is 0 Å². The van der Waals surface area contributed by atoms with E-state index in [-0.39, 0.29) is 11.4 Å². The highest BCUT2D eigenvalue weighted by Gasteiger charge is 2.16. The van der Waals surface area contributed by atoms with Gasteiger partial charge >= 0.3 is 5.97 Å². The first-order chi connectivity index (χ1) is 9.04. The third-order valence-corrected chi connectivity index (χ3v) is 3.16. The van der Waals surface area contributed by atoms with Gasteiger partial charge in [0.2, 0.25) is 0 Å². The third-order valence-electron chi connectivity index (χ3n) is 2.45. The topological polar surface area (TPSA) is 62.1 Å². The lowest BCUT2D eigenvalue weighted by Crippen LogP contribution is -2.10. The summed E-state index contributed by atoms with van der Waals surface area (Å²) in [6.45, 7) is 1.61. The molecule has 1 N–H and O–H groups in total. The molecule has 0 heterocycles. The second-order valence-electron chi connectivity index (χ2n) is 3.55. The number of hydrogen-bond donors (Lipinski definition) is 1. The predicted octanol–water partition coefficient (Wildman–Crippen LogP) is 2.82. The maximum absolute atomic E-state index is 13.4. The average Bonchev–Trinajstić information content (AvgIpc) is 2.42. The molecule has 0 radical (unpaired) electrons. The Morgan fingerprint density at radius 3 is 2.74 bits per heavy atom. The number of thioether (sulfide) groups is 1. The van der Waals surface area contributed by atoms with Crippen molar-refractivity contribution in [2.45, 2.75) is 6.92 Å². The number of ether oxygens (including phenoxy) is 1. The highest BCUT2D eigenvalue weighted by atomic mass is 32.2. The van der Waals surface area contributed by atoms with Gasteiger partial charge < -0.3 is 10.1 Å². The Morgan fingerprint density at radius 2 is 2.21 bits per heavy atom. The lowest BCUT2D eigenvalue weighted by Gasteiger charge is -2.12. The summed E-state index contributed by atoms with van der Waals surface area (Å²) in [5, 5.41) is 12.2. The quantitative estimate of drug-likeness (QED) is 0.522. The van der Waals surface area contributed by atoms with E-state index in [1.807, 2.05) is 0 Å². The summed E-state index contributed by atoms with van der Waals surface area (Å²) >= 11 is 1.18. The van der Waals surface area contributed by atoms with Gasteiger partial charge in [0.1, 0.15) is 11.9 Å². The van der Waals surface area contributed by atoms with Crippen molar-refractivity contribution >= 4 is 23.4 Å². The van der Waals surface area contributed by atoms with Crippen molar-refractivity contribution in [1.29, 1.82) is 5.26 Å². The van der Waals surface area contributed by atoms with Crippen LogP contribution in [0.5, 0.6) is 0 Å². The summed E-state index contributed by atoms with van der Waals surface area (Å²) < 4.78 is 18.0.